The normalized spacial score (nSPS) is 18.8. The van der Waals surface area contributed by atoms with Crippen LogP contribution in [0.2, 0.25) is 0 Å². The fraction of sp³-hybridized carbons (Fsp3) is 0.458. The number of benzene rings is 2. The van der Waals surface area contributed by atoms with Gasteiger partial charge in [0.1, 0.15) is 0 Å². The van der Waals surface area contributed by atoms with Crippen LogP contribution < -0.4 is 14.8 Å². The second kappa shape index (κ2) is 11.5. The van der Waals surface area contributed by atoms with Crippen molar-refractivity contribution in [1.29, 1.82) is 5.26 Å². The number of nitrogens with zero attached hydrogens (tertiary/aromatic N) is 1. The van der Waals surface area contributed by atoms with Gasteiger partial charge in [0, 0.05) is 32.0 Å². The van der Waals surface area contributed by atoms with Gasteiger partial charge in [-0.25, -0.2) is 0 Å². The molecule has 0 aromatic heterocycles. The molecule has 0 spiro atoms. The number of nitriles is 1. The highest BCUT2D eigenvalue weighted by molar-refractivity contribution is 5.43. The lowest BCUT2D eigenvalue weighted by Crippen LogP contribution is -2.31. The highest BCUT2D eigenvalue weighted by Gasteiger charge is 2.26. The molecular weight excluding hydrogens is 364 g/mol. The van der Waals surface area contributed by atoms with Crippen LogP contribution in [0.3, 0.4) is 0 Å². The van der Waals surface area contributed by atoms with Gasteiger partial charge in [-0.3, -0.25) is 0 Å². The van der Waals surface area contributed by atoms with Crippen LogP contribution in [0.15, 0.2) is 48.5 Å². The fourth-order valence-electron chi connectivity index (χ4n) is 3.74. The first-order chi connectivity index (χ1) is 14.3. The average molecular weight is 395 g/mol. The maximum Gasteiger partial charge on any atom is 0.161 e. The Morgan fingerprint density at radius 3 is 2.83 bits per heavy atom. The van der Waals surface area contributed by atoms with E-state index >= 15 is 0 Å². The summed E-state index contributed by atoms with van der Waals surface area (Å²) >= 11 is 0. The van der Waals surface area contributed by atoms with Crippen LogP contribution >= 0.6 is 0 Å². The van der Waals surface area contributed by atoms with Gasteiger partial charge in [0.15, 0.2) is 11.5 Å². The third kappa shape index (κ3) is 6.22. The maximum absolute atomic E-state index is 8.66. The van der Waals surface area contributed by atoms with Crippen molar-refractivity contribution in [2.24, 2.45) is 5.92 Å². The molecule has 0 saturated carbocycles. The molecule has 0 radical (unpaired) electrons. The topological polar surface area (TPSA) is 63.5 Å². The van der Waals surface area contributed by atoms with Crippen molar-refractivity contribution in [3.63, 3.8) is 0 Å². The Bertz CT molecular complexity index is 788. The SMILES string of the molecule is COc1ccc(CNCC2CCCOC2c2ccccc2)cc1OCCCC#N. The molecule has 5 nitrogen and oxygen atoms in total. The Balaban J connectivity index is 1.55. The molecule has 29 heavy (non-hydrogen) atoms. The summed E-state index contributed by atoms with van der Waals surface area (Å²) in [5.41, 5.74) is 2.41. The summed E-state index contributed by atoms with van der Waals surface area (Å²) in [4.78, 5) is 0. The molecule has 1 aliphatic rings. The molecule has 0 bridgehead atoms. The van der Waals surface area contributed by atoms with Crippen LogP contribution in [-0.4, -0.2) is 26.9 Å². The molecule has 0 amide bonds. The molecule has 2 unspecified atom stereocenters. The second-order valence-electron chi connectivity index (χ2n) is 7.33. The summed E-state index contributed by atoms with van der Waals surface area (Å²) < 4.78 is 17.3. The lowest BCUT2D eigenvalue weighted by molar-refractivity contribution is -0.0278. The van der Waals surface area contributed by atoms with E-state index in [9.17, 15) is 0 Å². The molecule has 2 aromatic rings. The van der Waals surface area contributed by atoms with Crippen LogP contribution in [0.25, 0.3) is 0 Å². The Morgan fingerprint density at radius 1 is 1.17 bits per heavy atom. The van der Waals surface area contributed by atoms with Gasteiger partial charge >= 0.3 is 0 Å². The maximum atomic E-state index is 8.66. The number of hydrogen-bond donors (Lipinski definition) is 1. The van der Waals surface area contributed by atoms with Crippen molar-refractivity contribution in [3.8, 4) is 17.6 Å². The van der Waals surface area contributed by atoms with Gasteiger partial charge in [0.05, 0.1) is 25.9 Å². The zero-order valence-corrected chi connectivity index (χ0v) is 17.1. The second-order valence-corrected chi connectivity index (χ2v) is 7.33. The molecule has 3 rings (SSSR count). The van der Waals surface area contributed by atoms with Gasteiger partial charge < -0.3 is 19.5 Å². The van der Waals surface area contributed by atoms with Crippen LogP contribution in [0.4, 0.5) is 0 Å². The Morgan fingerprint density at radius 2 is 2.03 bits per heavy atom. The van der Waals surface area contributed by atoms with E-state index in [2.05, 4.69) is 41.7 Å². The number of hydrogen-bond acceptors (Lipinski definition) is 5. The fourth-order valence-corrected chi connectivity index (χ4v) is 3.74. The van der Waals surface area contributed by atoms with Gasteiger partial charge in [-0.1, -0.05) is 36.4 Å². The third-order valence-electron chi connectivity index (χ3n) is 5.23. The molecular formula is C24H30N2O3. The molecule has 1 saturated heterocycles. The van der Waals surface area contributed by atoms with E-state index in [4.69, 9.17) is 19.5 Å². The summed E-state index contributed by atoms with van der Waals surface area (Å²) in [5.74, 6) is 1.91. The molecule has 154 valence electrons. The van der Waals surface area contributed by atoms with Crippen molar-refractivity contribution in [1.82, 2.24) is 5.32 Å². The molecule has 0 aliphatic carbocycles. The summed E-state index contributed by atoms with van der Waals surface area (Å²) in [5, 5.41) is 12.2. The van der Waals surface area contributed by atoms with E-state index in [1.807, 2.05) is 18.2 Å². The largest absolute Gasteiger partial charge is 0.493 e. The van der Waals surface area contributed by atoms with Crippen LogP contribution in [0, 0.1) is 17.2 Å². The van der Waals surface area contributed by atoms with Crippen LogP contribution in [0.1, 0.15) is 42.9 Å². The minimum atomic E-state index is 0.160. The quantitative estimate of drug-likeness (QED) is 0.595. The standard InChI is InChI=1S/C24H30N2O3/c1-27-22-12-11-19(16-23(22)28-14-6-5-13-25)17-26-18-21-10-7-15-29-24(21)20-8-3-2-4-9-20/h2-4,8-9,11-12,16,21,24,26H,5-7,10,14-15,17-18H2,1H3. The molecule has 1 aliphatic heterocycles. The summed E-state index contributed by atoms with van der Waals surface area (Å²) in [6.07, 6.45) is 3.65. The number of nitrogens with one attached hydrogen (secondary N) is 1. The van der Waals surface area contributed by atoms with E-state index in [0.29, 0.717) is 25.4 Å². The van der Waals surface area contributed by atoms with Crippen molar-refractivity contribution in [2.75, 3.05) is 26.9 Å². The van der Waals surface area contributed by atoms with E-state index in [1.54, 1.807) is 7.11 Å². The van der Waals surface area contributed by atoms with Crippen LogP contribution in [0.5, 0.6) is 11.5 Å². The monoisotopic (exact) mass is 394 g/mol. The van der Waals surface area contributed by atoms with E-state index in [0.717, 1.165) is 43.2 Å². The van der Waals surface area contributed by atoms with Gasteiger partial charge in [0.2, 0.25) is 0 Å². The molecule has 5 heteroatoms. The van der Waals surface area contributed by atoms with Crippen molar-refractivity contribution >= 4 is 0 Å². The first-order valence-electron chi connectivity index (χ1n) is 10.4. The van der Waals surface area contributed by atoms with E-state index < -0.39 is 0 Å². The first-order valence-corrected chi connectivity index (χ1v) is 10.4. The molecule has 1 heterocycles. The van der Waals surface area contributed by atoms with E-state index in [1.165, 1.54) is 12.0 Å². The predicted octanol–water partition coefficient (Wildman–Crippen LogP) is 4.64. The summed E-state index contributed by atoms with van der Waals surface area (Å²) in [6, 6.07) is 18.7. The van der Waals surface area contributed by atoms with E-state index in [-0.39, 0.29) is 6.10 Å². The molecule has 1 N–H and O–H groups in total. The Labute approximate surface area is 173 Å². The molecule has 2 aromatic carbocycles. The summed E-state index contributed by atoms with van der Waals surface area (Å²) in [7, 11) is 1.64. The minimum absolute atomic E-state index is 0.160. The van der Waals surface area contributed by atoms with Gasteiger partial charge in [-0.15, -0.1) is 0 Å². The molecule has 2 atom stereocenters. The Kier molecular flexibility index (Phi) is 8.36. The third-order valence-corrected chi connectivity index (χ3v) is 5.23. The van der Waals surface area contributed by atoms with Crippen molar-refractivity contribution in [2.45, 2.75) is 38.3 Å². The highest BCUT2D eigenvalue weighted by atomic mass is 16.5. The highest BCUT2D eigenvalue weighted by Crippen LogP contribution is 2.33. The number of methoxy groups -OCH3 is 1. The number of rotatable bonds is 10. The zero-order valence-electron chi connectivity index (χ0n) is 17.1. The predicted molar refractivity (Wildman–Crippen MR) is 113 cm³/mol. The lowest BCUT2D eigenvalue weighted by atomic mass is 9.89. The van der Waals surface area contributed by atoms with Crippen molar-refractivity contribution < 1.29 is 14.2 Å². The molecule has 1 fully saturated rings. The van der Waals surface area contributed by atoms with Gasteiger partial charge in [-0.2, -0.15) is 5.26 Å². The number of ether oxygens (including phenoxy) is 3. The zero-order chi connectivity index (χ0) is 20.3. The average Bonchev–Trinajstić information content (AvgIpc) is 2.78. The number of unbranched alkanes of at least 4 members (excludes halogenated alkanes) is 1. The van der Waals surface area contributed by atoms with Gasteiger partial charge in [0.25, 0.3) is 0 Å². The minimum Gasteiger partial charge on any atom is -0.493 e. The van der Waals surface area contributed by atoms with Crippen molar-refractivity contribution in [3.05, 3.63) is 59.7 Å². The summed E-state index contributed by atoms with van der Waals surface area (Å²) in [6.45, 7) is 3.01. The smallest absolute Gasteiger partial charge is 0.161 e. The Hall–Kier alpha value is -2.55. The van der Waals surface area contributed by atoms with Gasteiger partial charge in [-0.05, 0) is 42.5 Å². The van der Waals surface area contributed by atoms with Crippen LogP contribution in [-0.2, 0) is 11.3 Å². The lowest BCUT2D eigenvalue weighted by Gasteiger charge is -2.32. The first kappa shape index (κ1) is 21.2.